The summed E-state index contributed by atoms with van der Waals surface area (Å²) in [6.07, 6.45) is -4.59. The molecule has 0 unspecified atom stereocenters. The van der Waals surface area contributed by atoms with Gasteiger partial charge in [0.1, 0.15) is 0 Å². The lowest BCUT2D eigenvalue weighted by Crippen LogP contribution is -2.20. The third-order valence-corrected chi connectivity index (χ3v) is 2.01. The second-order valence-corrected chi connectivity index (χ2v) is 3.73. The van der Waals surface area contributed by atoms with Crippen LogP contribution in [-0.2, 0) is 4.79 Å². The molecule has 0 aliphatic heterocycles. The summed E-state index contributed by atoms with van der Waals surface area (Å²) in [6, 6.07) is 2.93. The van der Waals surface area contributed by atoms with Crippen LogP contribution in [0.3, 0.4) is 0 Å². The number of nitrogens with one attached hydrogen (secondary N) is 1. The summed E-state index contributed by atoms with van der Waals surface area (Å²) in [4.78, 5) is 10.6. The van der Waals surface area contributed by atoms with Gasteiger partial charge in [-0.15, -0.1) is 13.2 Å². The minimum atomic E-state index is -4.94. The van der Waals surface area contributed by atoms with Crippen LogP contribution < -0.4 is 10.1 Å². The molecule has 0 aromatic heterocycles. The van der Waals surface area contributed by atoms with Crippen molar-refractivity contribution in [1.29, 1.82) is 0 Å². The molecule has 0 heterocycles. The van der Waals surface area contributed by atoms with Crippen molar-refractivity contribution >= 4 is 5.91 Å². The molecule has 7 heteroatoms. The van der Waals surface area contributed by atoms with Crippen molar-refractivity contribution in [3.8, 4) is 17.6 Å². The number of benzene rings is 1. The van der Waals surface area contributed by atoms with E-state index in [4.69, 9.17) is 0 Å². The highest BCUT2D eigenvalue weighted by atomic mass is 19.4. The summed E-state index contributed by atoms with van der Waals surface area (Å²) in [5, 5.41) is 2.52. The highest BCUT2D eigenvalue weighted by molar-refractivity contribution is 5.72. The lowest BCUT2D eigenvalue weighted by Gasteiger charge is -2.09. The van der Waals surface area contributed by atoms with E-state index in [9.17, 15) is 22.4 Å². The molecule has 0 atom stereocenters. The number of rotatable bonds is 3. The molecule has 0 saturated heterocycles. The molecule has 0 fully saturated rings. The first-order chi connectivity index (χ1) is 9.28. The number of carbonyl (C=O) groups is 1. The molecule has 108 valence electrons. The van der Waals surface area contributed by atoms with Crippen LogP contribution in [0.5, 0.6) is 5.75 Å². The monoisotopic (exact) mass is 289 g/mol. The fourth-order valence-electron chi connectivity index (χ4n) is 1.25. The van der Waals surface area contributed by atoms with Crippen molar-refractivity contribution in [3.63, 3.8) is 0 Å². The molecule has 1 rings (SSSR count). The van der Waals surface area contributed by atoms with Gasteiger partial charge in [0, 0.05) is 25.5 Å². The molecule has 0 radical (unpaired) electrons. The van der Waals surface area contributed by atoms with E-state index >= 15 is 0 Å². The third kappa shape index (κ3) is 6.09. The summed E-state index contributed by atoms with van der Waals surface area (Å²) >= 11 is 0. The summed E-state index contributed by atoms with van der Waals surface area (Å²) in [7, 11) is 0. The average Bonchev–Trinajstić information content (AvgIpc) is 2.30. The maximum atomic E-state index is 13.3. The Morgan fingerprint density at radius 3 is 2.65 bits per heavy atom. The van der Waals surface area contributed by atoms with Gasteiger partial charge < -0.3 is 10.1 Å². The van der Waals surface area contributed by atoms with Crippen LogP contribution in [0.25, 0.3) is 0 Å². The van der Waals surface area contributed by atoms with Crippen LogP contribution in [0.2, 0.25) is 0 Å². The zero-order valence-corrected chi connectivity index (χ0v) is 10.5. The van der Waals surface area contributed by atoms with Gasteiger partial charge in [-0.2, -0.15) is 0 Å². The second kappa shape index (κ2) is 6.80. The molecule has 1 aromatic rings. The number of halogens is 4. The van der Waals surface area contributed by atoms with Gasteiger partial charge in [-0.25, -0.2) is 4.39 Å². The standard InChI is InChI=1S/C13H11F4NO2/c1-9(19)18-7-3-2-4-10-5-6-12(11(14)8-10)20-13(15,16)17/h5-6,8H,3,7H2,1H3,(H,18,19). The van der Waals surface area contributed by atoms with Crippen LogP contribution in [0.4, 0.5) is 17.6 Å². The first-order valence-corrected chi connectivity index (χ1v) is 5.56. The SMILES string of the molecule is CC(=O)NCCC#Cc1ccc(OC(F)(F)F)c(F)c1. The van der Waals surface area contributed by atoms with Gasteiger partial charge in [-0.1, -0.05) is 11.8 Å². The zero-order valence-electron chi connectivity index (χ0n) is 10.5. The second-order valence-electron chi connectivity index (χ2n) is 3.73. The molecule has 1 aromatic carbocycles. The van der Waals surface area contributed by atoms with Gasteiger partial charge in [-0.3, -0.25) is 4.79 Å². The molecular weight excluding hydrogens is 278 g/mol. The molecule has 0 aliphatic carbocycles. The van der Waals surface area contributed by atoms with E-state index in [1.807, 2.05) is 0 Å². The maximum Gasteiger partial charge on any atom is 0.573 e. The summed E-state index contributed by atoms with van der Waals surface area (Å²) < 4.78 is 52.6. The highest BCUT2D eigenvalue weighted by Crippen LogP contribution is 2.25. The Bertz CT molecular complexity index is 544. The first kappa shape index (κ1) is 15.8. The number of hydrogen-bond donors (Lipinski definition) is 1. The van der Waals surface area contributed by atoms with Crippen molar-refractivity contribution in [2.75, 3.05) is 6.54 Å². The number of alkyl halides is 3. The Morgan fingerprint density at radius 1 is 1.40 bits per heavy atom. The molecule has 0 saturated carbocycles. The molecule has 0 spiro atoms. The number of hydrogen-bond acceptors (Lipinski definition) is 2. The van der Waals surface area contributed by atoms with Crippen molar-refractivity contribution in [3.05, 3.63) is 29.6 Å². The third-order valence-electron chi connectivity index (χ3n) is 2.01. The van der Waals surface area contributed by atoms with Crippen molar-refractivity contribution < 1.29 is 27.1 Å². The Hall–Kier alpha value is -2.23. The van der Waals surface area contributed by atoms with E-state index in [1.54, 1.807) is 0 Å². The Balaban J connectivity index is 2.64. The molecule has 1 amide bonds. The Morgan fingerprint density at radius 2 is 2.10 bits per heavy atom. The van der Waals surface area contributed by atoms with E-state index in [0.717, 1.165) is 12.1 Å². The molecule has 0 aliphatic rings. The largest absolute Gasteiger partial charge is 0.573 e. The topological polar surface area (TPSA) is 38.3 Å². The molecule has 1 N–H and O–H groups in total. The Labute approximate surface area is 112 Å². The van der Waals surface area contributed by atoms with Gasteiger partial charge >= 0.3 is 6.36 Å². The quantitative estimate of drug-likeness (QED) is 0.528. The first-order valence-electron chi connectivity index (χ1n) is 5.56. The smallest absolute Gasteiger partial charge is 0.403 e. The van der Waals surface area contributed by atoms with Crippen LogP contribution in [0.15, 0.2) is 18.2 Å². The van der Waals surface area contributed by atoms with Gasteiger partial charge in [0.05, 0.1) is 0 Å². The van der Waals surface area contributed by atoms with Crippen LogP contribution >= 0.6 is 0 Å². The van der Waals surface area contributed by atoms with E-state index < -0.39 is 17.9 Å². The lowest BCUT2D eigenvalue weighted by atomic mass is 10.2. The molecule has 3 nitrogen and oxygen atoms in total. The number of carbonyl (C=O) groups excluding carboxylic acids is 1. The predicted octanol–water partition coefficient (Wildman–Crippen LogP) is 2.60. The van der Waals surface area contributed by atoms with E-state index in [2.05, 4.69) is 21.9 Å². The Kier molecular flexibility index (Phi) is 5.38. The summed E-state index contributed by atoms with van der Waals surface area (Å²) in [5.41, 5.74) is 0.222. The summed E-state index contributed by atoms with van der Waals surface area (Å²) in [5.74, 6) is 3.00. The summed E-state index contributed by atoms with van der Waals surface area (Å²) in [6.45, 7) is 1.71. The zero-order chi connectivity index (χ0) is 15.2. The lowest BCUT2D eigenvalue weighted by molar-refractivity contribution is -0.275. The number of amides is 1. The van der Waals surface area contributed by atoms with Crippen molar-refractivity contribution in [2.24, 2.45) is 0 Å². The van der Waals surface area contributed by atoms with Gasteiger partial charge in [0.25, 0.3) is 0 Å². The van der Waals surface area contributed by atoms with Gasteiger partial charge in [0.15, 0.2) is 11.6 Å². The van der Waals surface area contributed by atoms with E-state index in [-0.39, 0.29) is 11.5 Å². The fraction of sp³-hybridized carbons (Fsp3) is 0.308. The average molecular weight is 289 g/mol. The molecular formula is C13H11F4NO2. The normalized spacial score (nSPS) is 10.4. The van der Waals surface area contributed by atoms with Crippen molar-refractivity contribution in [1.82, 2.24) is 5.32 Å². The predicted molar refractivity (Wildman–Crippen MR) is 63.3 cm³/mol. The minimum absolute atomic E-state index is 0.188. The van der Waals surface area contributed by atoms with Crippen LogP contribution in [0.1, 0.15) is 18.9 Å². The maximum absolute atomic E-state index is 13.3. The van der Waals surface area contributed by atoms with Gasteiger partial charge in [0.2, 0.25) is 5.91 Å². The number of ether oxygens (including phenoxy) is 1. The van der Waals surface area contributed by atoms with Crippen LogP contribution in [-0.4, -0.2) is 18.8 Å². The minimum Gasteiger partial charge on any atom is -0.403 e. The highest BCUT2D eigenvalue weighted by Gasteiger charge is 2.32. The molecule has 0 bridgehead atoms. The van der Waals surface area contributed by atoms with Crippen LogP contribution in [0, 0.1) is 17.7 Å². The van der Waals surface area contributed by atoms with E-state index in [0.29, 0.717) is 13.0 Å². The van der Waals surface area contributed by atoms with E-state index in [1.165, 1.54) is 13.0 Å². The van der Waals surface area contributed by atoms with Crippen molar-refractivity contribution in [2.45, 2.75) is 19.7 Å². The molecule has 20 heavy (non-hydrogen) atoms. The fourth-order valence-corrected chi connectivity index (χ4v) is 1.25. The van der Waals surface area contributed by atoms with Gasteiger partial charge in [-0.05, 0) is 18.2 Å².